The van der Waals surface area contributed by atoms with Crippen LogP contribution < -0.4 is 11.5 Å². The Morgan fingerprint density at radius 1 is 1.20 bits per heavy atom. The van der Waals surface area contributed by atoms with E-state index in [1.807, 2.05) is 0 Å². The second kappa shape index (κ2) is 6.27. The molecule has 4 rings (SSSR count). The number of carbonyl (C=O) groups excluding carboxylic acids is 3. The number of carbonyl (C=O) groups is 3. The van der Waals surface area contributed by atoms with Gasteiger partial charge in [0.2, 0.25) is 0 Å². The van der Waals surface area contributed by atoms with E-state index in [4.69, 9.17) is 11.5 Å². The lowest BCUT2D eigenvalue weighted by molar-refractivity contribution is -0.209. The highest BCUT2D eigenvalue weighted by atomic mass is 16.4. The molecule has 10 heteroatoms. The number of aromatic hydroxyl groups is 1. The number of aliphatic hydroxyl groups is 4. The average Bonchev–Trinajstić information content (AvgIpc) is 2.67. The Kier molecular flexibility index (Phi) is 4.25. The Balaban J connectivity index is 1.94. The lowest BCUT2D eigenvalue weighted by atomic mass is 9.51. The maximum absolute atomic E-state index is 13.3. The molecule has 0 bridgehead atoms. The number of phenols is 1. The second-order valence-corrected chi connectivity index (χ2v) is 8.31. The van der Waals surface area contributed by atoms with Crippen LogP contribution in [-0.4, -0.2) is 60.8 Å². The van der Waals surface area contributed by atoms with Gasteiger partial charge in [-0.05, 0) is 17.5 Å². The summed E-state index contributed by atoms with van der Waals surface area (Å²) in [4.78, 5) is 37.3. The van der Waals surface area contributed by atoms with Gasteiger partial charge in [0.15, 0.2) is 17.2 Å². The van der Waals surface area contributed by atoms with Crippen LogP contribution in [0.4, 0.5) is 5.69 Å². The molecule has 0 saturated heterocycles. The van der Waals surface area contributed by atoms with Crippen molar-refractivity contribution in [3.05, 3.63) is 34.6 Å². The van der Waals surface area contributed by atoms with Crippen molar-refractivity contribution in [3.63, 3.8) is 0 Å². The zero-order valence-corrected chi connectivity index (χ0v) is 15.9. The SMILES string of the molecule is C[C@@H]1c2ccc(N)c(O)c2C(=O)C2C1[C@H](O)C1CC(=O)C(C(N)=O)=C(O)C1(O)C2O. The summed E-state index contributed by atoms with van der Waals surface area (Å²) in [6.07, 6.45) is -4.03. The van der Waals surface area contributed by atoms with E-state index in [1.54, 1.807) is 6.92 Å². The van der Waals surface area contributed by atoms with Gasteiger partial charge in [0.25, 0.3) is 5.91 Å². The summed E-state index contributed by atoms with van der Waals surface area (Å²) in [6, 6.07) is 2.95. The van der Waals surface area contributed by atoms with Crippen LogP contribution in [0.1, 0.15) is 35.2 Å². The van der Waals surface area contributed by atoms with Gasteiger partial charge < -0.3 is 37.0 Å². The lowest BCUT2D eigenvalue weighted by Crippen LogP contribution is -2.69. The molecule has 9 N–H and O–H groups in total. The monoisotopic (exact) mass is 418 g/mol. The maximum Gasteiger partial charge on any atom is 0.255 e. The summed E-state index contributed by atoms with van der Waals surface area (Å²) in [5.41, 5.74) is 7.53. The molecule has 0 aliphatic heterocycles. The van der Waals surface area contributed by atoms with Gasteiger partial charge in [0.05, 0.1) is 23.3 Å². The fourth-order valence-electron chi connectivity index (χ4n) is 5.49. The number of amides is 1. The van der Waals surface area contributed by atoms with Crippen molar-refractivity contribution in [1.82, 2.24) is 0 Å². The summed E-state index contributed by atoms with van der Waals surface area (Å²) < 4.78 is 0. The van der Waals surface area contributed by atoms with Gasteiger partial charge in [-0.2, -0.15) is 0 Å². The number of fused-ring (bicyclic) bond motifs is 3. The van der Waals surface area contributed by atoms with Crippen molar-refractivity contribution < 1.29 is 39.9 Å². The molecular formula is C20H22N2O8. The van der Waals surface area contributed by atoms with Crippen LogP contribution in [0.25, 0.3) is 0 Å². The smallest absolute Gasteiger partial charge is 0.255 e. The zero-order valence-electron chi connectivity index (χ0n) is 15.9. The van der Waals surface area contributed by atoms with Crippen LogP contribution in [0.2, 0.25) is 0 Å². The van der Waals surface area contributed by atoms with E-state index in [1.165, 1.54) is 12.1 Å². The molecule has 1 fully saturated rings. The van der Waals surface area contributed by atoms with Crippen LogP contribution in [0.5, 0.6) is 5.75 Å². The Morgan fingerprint density at radius 3 is 2.43 bits per heavy atom. The standard InChI is InChI=1S/C20H22N2O8/c1-5-6-2-3-8(21)15(25)11(6)16(26)13-10(5)14(24)7-4-9(23)12(19(22)29)17(27)20(7,30)18(13)28/h2-3,5,7,10,13-14,18,24-25,27-28,30H,4,21H2,1H3,(H2,22,29)/t5-,7?,10?,13?,14-,18?,20?/m1/s1. The van der Waals surface area contributed by atoms with Gasteiger partial charge in [-0.15, -0.1) is 0 Å². The first kappa shape index (κ1) is 20.3. The molecule has 1 saturated carbocycles. The molecule has 1 aromatic carbocycles. The number of aliphatic hydroxyl groups excluding tert-OH is 3. The fourth-order valence-corrected chi connectivity index (χ4v) is 5.49. The van der Waals surface area contributed by atoms with Crippen LogP contribution >= 0.6 is 0 Å². The van der Waals surface area contributed by atoms with Gasteiger partial charge in [-0.3, -0.25) is 14.4 Å². The van der Waals surface area contributed by atoms with Crippen LogP contribution in [-0.2, 0) is 9.59 Å². The average molecular weight is 418 g/mol. The Labute approximate surface area is 170 Å². The fraction of sp³-hybridized carbons (Fsp3) is 0.450. The summed E-state index contributed by atoms with van der Waals surface area (Å²) in [6.45, 7) is 1.67. The van der Waals surface area contributed by atoms with E-state index < -0.39 is 82.5 Å². The third-order valence-corrected chi connectivity index (χ3v) is 6.98. The number of Topliss-reactive ketones (excluding diaryl/α,β-unsaturated/α-hetero) is 2. The summed E-state index contributed by atoms with van der Waals surface area (Å²) in [5, 5.41) is 54.3. The number of ketones is 2. The Bertz CT molecular complexity index is 1030. The van der Waals surface area contributed by atoms with Crippen molar-refractivity contribution in [2.75, 3.05) is 5.73 Å². The van der Waals surface area contributed by atoms with Crippen LogP contribution in [0.3, 0.4) is 0 Å². The molecule has 7 atom stereocenters. The van der Waals surface area contributed by atoms with Gasteiger partial charge >= 0.3 is 0 Å². The minimum Gasteiger partial charge on any atom is -0.508 e. The van der Waals surface area contributed by atoms with E-state index in [-0.39, 0.29) is 11.3 Å². The number of hydrogen-bond acceptors (Lipinski definition) is 9. The predicted molar refractivity (Wildman–Crippen MR) is 101 cm³/mol. The predicted octanol–water partition coefficient (Wildman–Crippen LogP) is -1.14. The Morgan fingerprint density at radius 2 is 1.83 bits per heavy atom. The molecule has 0 spiro atoms. The molecule has 10 nitrogen and oxygen atoms in total. The van der Waals surface area contributed by atoms with Gasteiger partial charge in [0, 0.05) is 18.3 Å². The molecular weight excluding hydrogens is 396 g/mol. The molecule has 1 amide bonds. The summed E-state index contributed by atoms with van der Waals surface area (Å²) in [7, 11) is 0. The highest BCUT2D eigenvalue weighted by Gasteiger charge is 2.67. The molecule has 0 aromatic heterocycles. The number of hydrogen-bond donors (Lipinski definition) is 7. The summed E-state index contributed by atoms with van der Waals surface area (Å²) >= 11 is 0. The number of primary amides is 1. The van der Waals surface area contributed by atoms with Crippen molar-refractivity contribution >= 4 is 23.2 Å². The van der Waals surface area contributed by atoms with E-state index >= 15 is 0 Å². The molecule has 5 unspecified atom stereocenters. The largest absolute Gasteiger partial charge is 0.508 e. The molecule has 0 heterocycles. The molecule has 160 valence electrons. The highest BCUT2D eigenvalue weighted by Crippen LogP contribution is 2.56. The van der Waals surface area contributed by atoms with E-state index in [9.17, 15) is 39.9 Å². The van der Waals surface area contributed by atoms with Crippen LogP contribution in [0.15, 0.2) is 23.5 Å². The van der Waals surface area contributed by atoms with E-state index in [0.717, 1.165) is 0 Å². The van der Waals surface area contributed by atoms with Gasteiger partial charge in [0.1, 0.15) is 23.2 Å². The number of anilines is 1. The first-order valence-corrected chi connectivity index (χ1v) is 9.45. The third-order valence-electron chi connectivity index (χ3n) is 6.98. The van der Waals surface area contributed by atoms with E-state index in [2.05, 4.69) is 0 Å². The number of phenolic OH excluding ortho intramolecular Hbond substituents is 1. The van der Waals surface area contributed by atoms with Crippen molar-refractivity contribution in [1.29, 1.82) is 0 Å². The van der Waals surface area contributed by atoms with E-state index in [0.29, 0.717) is 5.56 Å². The van der Waals surface area contributed by atoms with Gasteiger partial charge in [-0.25, -0.2) is 0 Å². The molecule has 30 heavy (non-hydrogen) atoms. The normalized spacial score (nSPS) is 38.0. The number of benzene rings is 1. The quantitative estimate of drug-likeness (QED) is 0.167. The van der Waals surface area contributed by atoms with Gasteiger partial charge in [-0.1, -0.05) is 13.0 Å². The first-order valence-electron chi connectivity index (χ1n) is 9.45. The Hall–Kier alpha value is -2.95. The first-order chi connectivity index (χ1) is 13.9. The minimum absolute atomic E-state index is 0.0581. The van der Waals surface area contributed by atoms with Crippen molar-refractivity contribution in [2.24, 2.45) is 23.5 Å². The van der Waals surface area contributed by atoms with Crippen molar-refractivity contribution in [3.8, 4) is 5.75 Å². The molecule has 3 aliphatic carbocycles. The second-order valence-electron chi connectivity index (χ2n) is 8.31. The zero-order chi connectivity index (χ0) is 22.3. The minimum atomic E-state index is -2.65. The maximum atomic E-state index is 13.3. The molecule has 1 aromatic rings. The summed E-state index contributed by atoms with van der Waals surface area (Å²) in [5.74, 6) is -8.90. The lowest BCUT2D eigenvalue weighted by Gasteiger charge is -2.56. The number of nitrogen functional groups attached to an aromatic ring is 1. The molecule has 3 aliphatic rings. The molecule has 0 radical (unpaired) electrons. The number of rotatable bonds is 1. The topological polar surface area (TPSA) is 204 Å². The highest BCUT2D eigenvalue weighted by molar-refractivity contribution is 6.20. The number of nitrogens with two attached hydrogens (primary N) is 2. The van der Waals surface area contributed by atoms with Crippen LogP contribution in [0, 0.1) is 17.8 Å². The third kappa shape index (κ3) is 2.26. The van der Waals surface area contributed by atoms with Crippen molar-refractivity contribution in [2.45, 2.75) is 37.1 Å².